The van der Waals surface area contributed by atoms with Crippen molar-refractivity contribution in [2.75, 3.05) is 0 Å². The maximum Gasteiger partial charge on any atom is 0.162 e. The first-order valence-corrected chi connectivity index (χ1v) is 4.02. The first kappa shape index (κ1) is 7.32. The molecule has 0 radical (unpaired) electrons. The van der Waals surface area contributed by atoms with Crippen molar-refractivity contribution in [3.05, 3.63) is 17.5 Å². The molecule has 1 aliphatic rings. The van der Waals surface area contributed by atoms with E-state index in [1.165, 1.54) is 0 Å². The number of nitrogens with two attached hydrogens (primary N) is 1. The van der Waals surface area contributed by atoms with Crippen LogP contribution in [0.15, 0.2) is 6.07 Å². The van der Waals surface area contributed by atoms with Crippen molar-refractivity contribution in [3.63, 3.8) is 0 Å². The second-order valence-electron chi connectivity index (χ2n) is 3.11. The van der Waals surface area contributed by atoms with Gasteiger partial charge < -0.3 is 5.73 Å². The number of fused-ring (bicyclic) bond motifs is 1. The van der Waals surface area contributed by atoms with Gasteiger partial charge >= 0.3 is 0 Å². The van der Waals surface area contributed by atoms with Gasteiger partial charge in [0.05, 0.1) is 6.54 Å². The maximum absolute atomic E-state index is 8.60. The van der Waals surface area contributed by atoms with Crippen LogP contribution in [0.1, 0.15) is 17.8 Å². The Balaban J connectivity index is 2.36. The van der Waals surface area contributed by atoms with Crippen LogP contribution in [0.5, 0.6) is 0 Å². The molecule has 0 saturated carbocycles. The molecule has 1 aliphatic heterocycles. The summed E-state index contributed by atoms with van der Waals surface area (Å²) in [6, 6.07) is 4.06. The summed E-state index contributed by atoms with van der Waals surface area (Å²) in [5.74, 6) is 0. The van der Waals surface area contributed by atoms with Crippen LogP contribution in [0, 0.1) is 11.3 Å². The fourth-order valence-corrected chi connectivity index (χ4v) is 1.52. The van der Waals surface area contributed by atoms with Crippen molar-refractivity contribution in [1.29, 1.82) is 5.26 Å². The fraction of sp³-hybridized carbons (Fsp3) is 0.500. The lowest BCUT2D eigenvalue weighted by Gasteiger charge is -2.19. The summed E-state index contributed by atoms with van der Waals surface area (Å²) in [6.45, 7) is 0.747. The van der Waals surface area contributed by atoms with Crippen LogP contribution < -0.4 is 5.73 Å². The quantitative estimate of drug-likeness (QED) is 0.585. The molecule has 1 aromatic rings. The summed E-state index contributed by atoms with van der Waals surface area (Å²) in [5, 5.41) is 12.7. The molecule has 1 atom stereocenters. The second-order valence-corrected chi connectivity index (χ2v) is 3.11. The van der Waals surface area contributed by atoms with Gasteiger partial charge in [-0.3, -0.25) is 4.68 Å². The van der Waals surface area contributed by atoms with Gasteiger partial charge in [-0.2, -0.15) is 10.4 Å². The highest BCUT2D eigenvalue weighted by atomic mass is 15.3. The Morgan fingerprint density at radius 2 is 2.58 bits per heavy atom. The SMILES string of the molecule is N#Cc1cc2n(n1)C[C@@H](N)CC2. The lowest BCUT2D eigenvalue weighted by Crippen LogP contribution is -2.32. The van der Waals surface area contributed by atoms with E-state index in [-0.39, 0.29) is 6.04 Å². The lowest BCUT2D eigenvalue weighted by molar-refractivity contribution is 0.426. The number of hydrogen-bond acceptors (Lipinski definition) is 3. The molecule has 0 spiro atoms. The average molecular weight is 162 g/mol. The standard InChI is InChI=1S/C8H10N4/c9-4-7-3-8-2-1-6(10)5-12(8)11-7/h3,6H,1-2,5,10H2/t6-/m0/s1. The zero-order valence-electron chi connectivity index (χ0n) is 6.70. The molecule has 0 amide bonds. The molecule has 0 fully saturated rings. The van der Waals surface area contributed by atoms with Crippen molar-refractivity contribution < 1.29 is 0 Å². The number of hydrogen-bond donors (Lipinski definition) is 1. The molecular formula is C8H10N4. The van der Waals surface area contributed by atoms with Crippen molar-refractivity contribution in [2.45, 2.75) is 25.4 Å². The third-order valence-electron chi connectivity index (χ3n) is 2.16. The monoisotopic (exact) mass is 162 g/mol. The van der Waals surface area contributed by atoms with Crippen LogP contribution in [0.4, 0.5) is 0 Å². The van der Waals surface area contributed by atoms with E-state index in [1.807, 2.05) is 16.8 Å². The molecule has 0 unspecified atom stereocenters. The summed E-state index contributed by atoms with van der Waals surface area (Å²) < 4.78 is 1.84. The van der Waals surface area contributed by atoms with Gasteiger partial charge in [0.25, 0.3) is 0 Å². The largest absolute Gasteiger partial charge is 0.326 e. The highest BCUT2D eigenvalue weighted by Gasteiger charge is 2.16. The Morgan fingerprint density at radius 1 is 1.75 bits per heavy atom. The highest BCUT2D eigenvalue weighted by Crippen LogP contribution is 2.13. The van der Waals surface area contributed by atoms with Crippen LogP contribution in [0.25, 0.3) is 0 Å². The van der Waals surface area contributed by atoms with Crippen LogP contribution in [-0.2, 0) is 13.0 Å². The van der Waals surface area contributed by atoms with Crippen molar-refractivity contribution in [1.82, 2.24) is 9.78 Å². The lowest BCUT2D eigenvalue weighted by atomic mass is 10.1. The zero-order valence-corrected chi connectivity index (χ0v) is 6.70. The second kappa shape index (κ2) is 2.61. The van der Waals surface area contributed by atoms with Crippen molar-refractivity contribution in [2.24, 2.45) is 5.73 Å². The maximum atomic E-state index is 8.60. The van der Waals surface area contributed by atoms with Gasteiger partial charge in [0.2, 0.25) is 0 Å². The van der Waals surface area contributed by atoms with Gasteiger partial charge in [-0.05, 0) is 18.9 Å². The van der Waals surface area contributed by atoms with E-state index in [9.17, 15) is 0 Å². The van der Waals surface area contributed by atoms with Crippen LogP contribution in [-0.4, -0.2) is 15.8 Å². The third-order valence-corrected chi connectivity index (χ3v) is 2.16. The Kier molecular flexibility index (Phi) is 1.59. The van der Waals surface area contributed by atoms with E-state index < -0.39 is 0 Å². The summed E-state index contributed by atoms with van der Waals surface area (Å²) in [4.78, 5) is 0. The van der Waals surface area contributed by atoms with Gasteiger partial charge in [0.1, 0.15) is 6.07 Å². The fourth-order valence-electron chi connectivity index (χ4n) is 1.52. The minimum Gasteiger partial charge on any atom is -0.326 e. The van der Waals surface area contributed by atoms with E-state index in [2.05, 4.69) is 5.10 Å². The Morgan fingerprint density at radius 3 is 3.33 bits per heavy atom. The molecule has 4 heteroatoms. The van der Waals surface area contributed by atoms with Crippen molar-refractivity contribution in [3.8, 4) is 6.07 Å². The summed E-state index contributed by atoms with van der Waals surface area (Å²) in [5.41, 5.74) is 7.39. The molecular weight excluding hydrogens is 152 g/mol. The summed E-state index contributed by atoms with van der Waals surface area (Å²) in [6.07, 6.45) is 1.94. The molecule has 62 valence electrons. The summed E-state index contributed by atoms with van der Waals surface area (Å²) >= 11 is 0. The molecule has 0 saturated heterocycles. The van der Waals surface area contributed by atoms with Crippen LogP contribution in [0.3, 0.4) is 0 Å². The molecule has 2 N–H and O–H groups in total. The van der Waals surface area contributed by atoms with E-state index in [1.54, 1.807) is 0 Å². The van der Waals surface area contributed by atoms with Gasteiger partial charge in [-0.1, -0.05) is 0 Å². The number of rotatable bonds is 0. The normalized spacial score (nSPS) is 21.5. The average Bonchev–Trinajstić information content (AvgIpc) is 2.46. The smallest absolute Gasteiger partial charge is 0.162 e. The Bertz CT molecular complexity index is 333. The Labute approximate surface area is 70.6 Å². The molecule has 0 aromatic carbocycles. The minimum atomic E-state index is 0.198. The molecule has 12 heavy (non-hydrogen) atoms. The van der Waals surface area contributed by atoms with E-state index >= 15 is 0 Å². The van der Waals surface area contributed by atoms with Gasteiger partial charge in [0.15, 0.2) is 5.69 Å². The molecule has 2 rings (SSSR count). The molecule has 2 heterocycles. The molecule has 0 bridgehead atoms. The number of nitriles is 1. The third kappa shape index (κ3) is 1.08. The molecule has 4 nitrogen and oxygen atoms in total. The van der Waals surface area contributed by atoms with Gasteiger partial charge in [0, 0.05) is 11.7 Å². The van der Waals surface area contributed by atoms with Crippen LogP contribution >= 0.6 is 0 Å². The molecule has 0 aliphatic carbocycles. The zero-order chi connectivity index (χ0) is 8.55. The van der Waals surface area contributed by atoms with E-state index in [0.29, 0.717) is 5.69 Å². The van der Waals surface area contributed by atoms with Crippen molar-refractivity contribution >= 4 is 0 Å². The van der Waals surface area contributed by atoms with E-state index in [0.717, 1.165) is 25.1 Å². The summed E-state index contributed by atoms with van der Waals surface area (Å²) in [7, 11) is 0. The minimum absolute atomic E-state index is 0.198. The number of aromatic nitrogens is 2. The number of nitrogens with zero attached hydrogens (tertiary/aromatic N) is 3. The highest BCUT2D eigenvalue weighted by molar-refractivity contribution is 5.23. The topological polar surface area (TPSA) is 67.6 Å². The Hall–Kier alpha value is -1.34. The van der Waals surface area contributed by atoms with Gasteiger partial charge in [-0.25, -0.2) is 0 Å². The van der Waals surface area contributed by atoms with Crippen LogP contribution in [0.2, 0.25) is 0 Å². The van der Waals surface area contributed by atoms with E-state index in [4.69, 9.17) is 11.0 Å². The predicted octanol–water partition coefficient (Wildman–Crippen LogP) is 0.0283. The molecule has 1 aromatic heterocycles. The van der Waals surface area contributed by atoms with Gasteiger partial charge in [-0.15, -0.1) is 0 Å². The predicted molar refractivity (Wildman–Crippen MR) is 43.2 cm³/mol. The first-order chi connectivity index (χ1) is 5.79. The first-order valence-electron chi connectivity index (χ1n) is 4.02. The number of aryl methyl sites for hydroxylation is 1.